The van der Waals surface area contributed by atoms with Gasteiger partial charge in [-0.15, -0.1) is 0 Å². The van der Waals surface area contributed by atoms with E-state index < -0.39 is 48.9 Å². The number of rotatable bonds is 9. The minimum Gasteiger partial charge on any atom is -0.387 e. The van der Waals surface area contributed by atoms with Gasteiger partial charge in [-0.2, -0.15) is 0 Å². The van der Waals surface area contributed by atoms with Crippen molar-refractivity contribution in [3.8, 4) is 0 Å². The second kappa shape index (κ2) is 12.3. The van der Waals surface area contributed by atoms with Gasteiger partial charge in [-0.1, -0.05) is 30.3 Å². The first-order chi connectivity index (χ1) is 19.2. The second-order valence-corrected chi connectivity index (χ2v) is 9.19. The number of fused-ring (bicyclic) bond motifs is 2. The van der Waals surface area contributed by atoms with Crippen LogP contribution in [-0.2, 0) is 24.0 Å². The van der Waals surface area contributed by atoms with Crippen molar-refractivity contribution in [2.75, 3.05) is 29.5 Å². The van der Waals surface area contributed by atoms with Gasteiger partial charge < -0.3 is 25.4 Å². The number of carbonyl (C=O) groups is 6. The number of para-hydroxylation sites is 3. The normalized spacial score (nSPS) is 15.6. The molecule has 1 aliphatic rings. The highest BCUT2D eigenvalue weighted by Crippen LogP contribution is 2.33. The predicted molar refractivity (Wildman–Crippen MR) is 145 cm³/mol. The van der Waals surface area contributed by atoms with Crippen LogP contribution in [0.5, 0.6) is 0 Å². The van der Waals surface area contributed by atoms with Crippen molar-refractivity contribution in [2.45, 2.75) is 25.4 Å². The third-order valence-electron chi connectivity index (χ3n) is 6.35. The van der Waals surface area contributed by atoms with E-state index in [9.17, 15) is 33.9 Å². The van der Waals surface area contributed by atoms with E-state index in [0.29, 0.717) is 17.2 Å². The number of aromatic nitrogens is 1. The van der Waals surface area contributed by atoms with Crippen molar-refractivity contribution in [1.82, 2.24) is 15.6 Å². The first-order valence-corrected chi connectivity index (χ1v) is 12.4. The lowest BCUT2D eigenvalue weighted by Gasteiger charge is -2.25. The molecule has 0 saturated heterocycles. The Morgan fingerprint density at radius 2 is 1.77 bits per heavy atom. The minimum atomic E-state index is -1.31. The number of ketones is 1. The zero-order chi connectivity index (χ0) is 28.8. The molecular formula is C28H27N5O7. The lowest BCUT2D eigenvalue weighted by molar-refractivity contribution is -0.127. The molecule has 2 atom stereocenters. The molecule has 1 aromatic heterocycles. The molecule has 0 saturated carbocycles. The number of Topliss-reactive ketones (excluding diaryl/α,β-unsaturated/α-hetero) is 1. The van der Waals surface area contributed by atoms with Gasteiger partial charge in [-0.3, -0.25) is 33.9 Å². The average molecular weight is 546 g/mol. The molecule has 1 aliphatic heterocycles. The fourth-order valence-electron chi connectivity index (χ4n) is 4.55. The maximum atomic E-state index is 13.9. The van der Waals surface area contributed by atoms with E-state index in [2.05, 4.69) is 15.6 Å². The average Bonchev–Trinajstić information content (AvgIpc) is 3.06. The smallest absolute Gasteiger partial charge is 0.252 e. The summed E-state index contributed by atoms with van der Waals surface area (Å²) in [6.07, 6.45) is 1.68. The fourth-order valence-corrected chi connectivity index (χ4v) is 4.55. The summed E-state index contributed by atoms with van der Waals surface area (Å²) in [5, 5.41) is 15.3. The van der Waals surface area contributed by atoms with Crippen LogP contribution < -0.4 is 20.4 Å². The van der Waals surface area contributed by atoms with Gasteiger partial charge in [-0.25, -0.2) is 0 Å². The molecule has 0 fully saturated rings. The van der Waals surface area contributed by atoms with Crippen LogP contribution in [0.1, 0.15) is 23.7 Å². The number of aliphatic hydroxyl groups excluding tert-OH is 1. The van der Waals surface area contributed by atoms with Crippen LogP contribution in [0.4, 0.5) is 11.4 Å². The van der Waals surface area contributed by atoms with Gasteiger partial charge in [0.2, 0.25) is 5.91 Å². The number of anilines is 2. The lowest BCUT2D eigenvalue weighted by Crippen LogP contribution is -2.55. The number of pyridine rings is 1. The van der Waals surface area contributed by atoms with E-state index in [4.69, 9.17) is 0 Å². The topological polar surface area (TPSA) is 166 Å². The van der Waals surface area contributed by atoms with Crippen molar-refractivity contribution in [3.63, 3.8) is 0 Å². The van der Waals surface area contributed by atoms with Crippen molar-refractivity contribution in [3.05, 3.63) is 66.4 Å². The van der Waals surface area contributed by atoms with Gasteiger partial charge in [0.25, 0.3) is 17.7 Å². The van der Waals surface area contributed by atoms with Crippen LogP contribution >= 0.6 is 0 Å². The number of carbonyl (C=O) groups excluding carboxylic acids is 6. The third kappa shape index (κ3) is 6.02. The first kappa shape index (κ1) is 28.0. The number of aldehydes is 1. The first-order valence-electron chi connectivity index (χ1n) is 12.4. The van der Waals surface area contributed by atoms with Crippen LogP contribution in [0.2, 0.25) is 0 Å². The maximum Gasteiger partial charge on any atom is 0.252 e. The Bertz CT molecular complexity index is 1490. The summed E-state index contributed by atoms with van der Waals surface area (Å²) < 4.78 is 0. The summed E-state index contributed by atoms with van der Waals surface area (Å²) in [6, 6.07) is 12.4. The quantitative estimate of drug-likeness (QED) is 0.324. The second-order valence-electron chi connectivity index (χ2n) is 9.19. The number of amides is 4. The van der Waals surface area contributed by atoms with E-state index in [-0.39, 0.29) is 35.7 Å². The van der Waals surface area contributed by atoms with Crippen LogP contribution in [-0.4, -0.2) is 77.6 Å². The number of hydrogen-bond donors (Lipinski definition) is 3. The van der Waals surface area contributed by atoms with Crippen LogP contribution in [0.3, 0.4) is 0 Å². The molecule has 3 aromatic rings. The van der Waals surface area contributed by atoms with Crippen LogP contribution in [0.25, 0.3) is 10.9 Å². The van der Waals surface area contributed by atoms with Gasteiger partial charge in [0.1, 0.15) is 31.3 Å². The Kier molecular flexibility index (Phi) is 8.60. The molecule has 4 rings (SSSR count). The molecule has 12 nitrogen and oxygen atoms in total. The SMILES string of the molecule is CC(=O)C[C@@H](C=O)NC(=O)CN1C(=O)[C@@H](NC(=O)c2ccnc3ccccc23)CN(C(=O)CO)c2ccccc21. The molecule has 2 aromatic carbocycles. The largest absolute Gasteiger partial charge is 0.387 e. The predicted octanol–water partition coefficient (Wildman–Crippen LogP) is 0.368. The van der Waals surface area contributed by atoms with E-state index in [1.807, 2.05) is 0 Å². The minimum absolute atomic E-state index is 0.185. The number of aliphatic hydroxyl groups is 1. The molecule has 206 valence electrons. The summed E-state index contributed by atoms with van der Waals surface area (Å²) in [7, 11) is 0. The molecule has 40 heavy (non-hydrogen) atoms. The summed E-state index contributed by atoms with van der Waals surface area (Å²) in [5.41, 5.74) is 1.25. The molecule has 2 heterocycles. The fraction of sp³-hybridized carbons (Fsp3) is 0.250. The Morgan fingerprint density at radius 1 is 1.07 bits per heavy atom. The monoisotopic (exact) mass is 545 g/mol. The Labute approximate surface area is 229 Å². The molecule has 0 spiro atoms. The van der Waals surface area contributed by atoms with E-state index in [1.54, 1.807) is 42.5 Å². The number of benzene rings is 2. The Morgan fingerprint density at radius 3 is 2.48 bits per heavy atom. The van der Waals surface area contributed by atoms with Gasteiger partial charge in [0.05, 0.1) is 35.0 Å². The summed E-state index contributed by atoms with van der Waals surface area (Å²) in [4.78, 5) is 82.3. The number of nitrogens with zero attached hydrogens (tertiary/aromatic N) is 3. The van der Waals surface area contributed by atoms with E-state index in [1.165, 1.54) is 30.2 Å². The summed E-state index contributed by atoms with van der Waals surface area (Å²) in [5.74, 6) is -3.06. The highest BCUT2D eigenvalue weighted by Gasteiger charge is 2.38. The number of nitrogens with one attached hydrogen (secondary N) is 2. The van der Waals surface area contributed by atoms with E-state index >= 15 is 0 Å². The summed E-state index contributed by atoms with van der Waals surface area (Å²) >= 11 is 0. The Balaban J connectivity index is 1.69. The van der Waals surface area contributed by atoms with Gasteiger partial charge in [0.15, 0.2) is 0 Å². The van der Waals surface area contributed by atoms with Gasteiger partial charge in [0, 0.05) is 18.0 Å². The standard InChI is InChI=1S/C28H27N5O7/c1-17(36)12-18(15-34)30-25(37)14-33-24-9-5-4-8-23(24)32(26(38)16-35)13-22(28(33)40)31-27(39)20-10-11-29-21-7-3-2-6-19(20)21/h2-11,15,18,22,35H,12-14,16H2,1H3,(H,30,37)(H,31,39)/t18-,22-/m0/s1. The van der Waals surface area contributed by atoms with Crippen LogP contribution in [0.15, 0.2) is 60.8 Å². The van der Waals surface area contributed by atoms with Crippen molar-refractivity contribution < 1.29 is 33.9 Å². The lowest BCUT2D eigenvalue weighted by atomic mass is 10.1. The Hall–Kier alpha value is -4.97. The van der Waals surface area contributed by atoms with Crippen molar-refractivity contribution in [2.24, 2.45) is 0 Å². The number of hydrogen-bond acceptors (Lipinski definition) is 8. The highest BCUT2D eigenvalue weighted by molar-refractivity contribution is 6.12. The molecular weight excluding hydrogens is 518 g/mol. The van der Waals surface area contributed by atoms with Crippen LogP contribution in [0, 0.1) is 0 Å². The molecule has 0 bridgehead atoms. The molecule has 3 N–H and O–H groups in total. The van der Waals surface area contributed by atoms with Gasteiger partial charge >= 0.3 is 0 Å². The van der Waals surface area contributed by atoms with E-state index in [0.717, 1.165) is 4.90 Å². The maximum absolute atomic E-state index is 13.9. The molecule has 12 heteroatoms. The molecule has 0 aliphatic carbocycles. The zero-order valence-corrected chi connectivity index (χ0v) is 21.6. The van der Waals surface area contributed by atoms with Crippen molar-refractivity contribution >= 4 is 58.0 Å². The van der Waals surface area contributed by atoms with Crippen molar-refractivity contribution in [1.29, 1.82) is 0 Å². The molecule has 0 radical (unpaired) electrons. The third-order valence-corrected chi connectivity index (χ3v) is 6.35. The van der Waals surface area contributed by atoms with Gasteiger partial charge in [-0.05, 0) is 31.2 Å². The summed E-state index contributed by atoms with van der Waals surface area (Å²) in [6.45, 7) is -0.457. The molecule has 4 amide bonds. The molecule has 0 unspecified atom stereocenters. The highest BCUT2D eigenvalue weighted by atomic mass is 16.3. The zero-order valence-electron chi connectivity index (χ0n) is 21.6.